The zero-order valence-corrected chi connectivity index (χ0v) is 17.7. The lowest BCUT2D eigenvalue weighted by Gasteiger charge is -2.40. The molecule has 0 bridgehead atoms. The van der Waals surface area contributed by atoms with Crippen LogP contribution in [0.5, 0.6) is 0 Å². The van der Waals surface area contributed by atoms with Gasteiger partial charge in [0.15, 0.2) is 0 Å². The minimum Gasteiger partial charge on any atom is -0.337 e. The molecule has 2 aromatic carbocycles. The Hall–Kier alpha value is -1.80. The molecule has 0 N–H and O–H groups in total. The van der Waals surface area contributed by atoms with Crippen LogP contribution >= 0.6 is 0 Å². The van der Waals surface area contributed by atoms with Crippen molar-refractivity contribution >= 4 is 11.4 Å². The maximum absolute atomic E-state index is 2.83. The Balaban J connectivity index is 1.31. The van der Waals surface area contributed by atoms with Crippen LogP contribution in [0.15, 0.2) is 42.5 Å². The van der Waals surface area contributed by atoms with Gasteiger partial charge in [0.2, 0.25) is 0 Å². The molecule has 152 valence electrons. The van der Waals surface area contributed by atoms with Gasteiger partial charge in [0, 0.05) is 43.0 Å². The largest absolute Gasteiger partial charge is 0.337 e. The number of hydrogen-bond donors (Lipinski definition) is 0. The lowest BCUT2D eigenvalue weighted by molar-refractivity contribution is 0.163. The molecule has 1 saturated heterocycles. The number of para-hydroxylation sites is 2. The van der Waals surface area contributed by atoms with E-state index < -0.39 is 0 Å². The first-order chi connectivity index (χ1) is 14.4. The summed E-state index contributed by atoms with van der Waals surface area (Å²) in [7, 11) is 0. The predicted molar refractivity (Wildman–Crippen MR) is 121 cm³/mol. The number of rotatable bonds is 2. The summed E-state index contributed by atoms with van der Waals surface area (Å²) < 4.78 is 0. The summed E-state index contributed by atoms with van der Waals surface area (Å²) >= 11 is 0. The van der Waals surface area contributed by atoms with Crippen LogP contribution in [0, 0.1) is 5.92 Å². The third kappa shape index (κ3) is 3.11. The first kappa shape index (κ1) is 18.0. The monoisotopic (exact) mass is 386 g/mol. The fraction of sp³-hybridized carbons (Fsp3) is 0.556. The molecule has 2 aromatic rings. The molecule has 2 nitrogen and oxygen atoms in total. The number of likely N-dealkylation sites (tertiary alicyclic amines) is 1. The van der Waals surface area contributed by atoms with Crippen molar-refractivity contribution < 1.29 is 0 Å². The number of piperidine rings is 1. The van der Waals surface area contributed by atoms with Crippen LogP contribution in [0.4, 0.5) is 11.4 Å². The van der Waals surface area contributed by atoms with Gasteiger partial charge in [-0.1, -0.05) is 62.1 Å². The Morgan fingerprint density at radius 1 is 0.793 bits per heavy atom. The van der Waals surface area contributed by atoms with Crippen LogP contribution in [0.25, 0.3) is 0 Å². The van der Waals surface area contributed by atoms with Crippen LogP contribution in [0.3, 0.4) is 0 Å². The molecular formula is C27H34N2. The summed E-state index contributed by atoms with van der Waals surface area (Å²) in [6.07, 6.45) is 12.4. The van der Waals surface area contributed by atoms with Gasteiger partial charge in [-0.05, 0) is 60.8 Å². The van der Waals surface area contributed by atoms with Gasteiger partial charge in [0.05, 0.1) is 0 Å². The van der Waals surface area contributed by atoms with E-state index in [1.165, 1.54) is 88.7 Å². The third-order valence-corrected chi connectivity index (χ3v) is 8.19. The van der Waals surface area contributed by atoms with Crippen molar-refractivity contribution in [1.29, 1.82) is 0 Å². The Labute approximate surface area is 175 Å². The van der Waals surface area contributed by atoms with Gasteiger partial charge in [-0.25, -0.2) is 0 Å². The van der Waals surface area contributed by atoms with Gasteiger partial charge in [-0.15, -0.1) is 0 Å². The van der Waals surface area contributed by atoms with Gasteiger partial charge in [-0.2, -0.15) is 0 Å². The van der Waals surface area contributed by atoms with Crippen molar-refractivity contribution in [2.24, 2.45) is 5.92 Å². The summed E-state index contributed by atoms with van der Waals surface area (Å²) in [5.41, 5.74) is 7.81. The highest BCUT2D eigenvalue weighted by molar-refractivity contribution is 5.79. The molecule has 1 aliphatic carbocycles. The van der Waals surface area contributed by atoms with E-state index in [1.54, 1.807) is 16.8 Å². The van der Waals surface area contributed by atoms with E-state index in [2.05, 4.69) is 52.3 Å². The molecule has 0 spiro atoms. The van der Waals surface area contributed by atoms with E-state index in [-0.39, 0.29) is 0 Å². The summed E-state index contributed by atoms with van der Waals surface area (Å²) in [6.45, 7) is 3.88. The molecule has 4 aliphatic rings. The molecule has 0 radical (unpaired) electrons. The summed E-state index contributed by atoms with van der Waals surface area (Å²) in [6, 6.07) is 17.0. The minimum absolute atomic E-state index is 0.649. The maximum atomic E-state index is 2.83. The van der Waals surface area contributed by atoms with Crippen LogP contribution in [0.1, 0.15) is 67.6 Å². The van der Waals surface area contributed by atoms with Gasteiger partial charge in [0.1, 0.15) is 0 Å². The minimum atomic E-state index is 0.649. The number of nitrogens with zero attached hydrogens (tertiary/aromatic N) is 2. The molecular weight excluding hydrogens is 352 g/mol. The molecule has 29 heavy (non-hydrogen) atoms. The number of anilines is 2. The summed E-state index contributed by atoms with van der Waals surface area (Å²) in [4.78, 5) is 5.59. The normalized spacial score (nSPS) is 27.0. The maximum Gasteiger partial charge on any atom is 0.0483 e. The van der Waals surface area contributed by atoms with Gasteiger partial charge in [-0.3, -0.25) is 0 Å². The molecule has 2 unspecified atom stereocenters. The van der Waals surface area contributed by atoms with E-state index >= 15 is 0 Å². The summed E-state index contributed by atoms with van der Waals surface area (Å²) in [5, 5.41) is 0. The van der Waals surface area contributed by atoms with Crippen molar-refractivity contribution in [2.45, 2.75) is 69.7 Å². The van der Waals surface area contributed by atoms with E-state index in [1.807, 2.05) is 0 Å². The second-order valence-corrected chi connectivity index (χ2v) is 9.93. The molecule has 2 fully saturated rings. The molecule has 6 rings (SSSR count). The molecule has 0 amide bonds. The highest BCUT2D eigenvalue weighted by Crippen LogP contribution is 2.52. The predicted octanol–water partition coefficient (Wildman–Crippen LogP) is 6.07. The first-order valence-corrected chi connectivity index (χ1v) is 12.1. The zero-order chi connectivity index (χ0) is 19.2. The van der Waals surface area contributed by atoms with Gasteiger partial charge in [0.25, 0.3) is 0 Å². The number of fused-ring (bicyclic) bond motifs is 5. The van der Waals surface area contributed by atoms with Gasteiger partial charge < -0.3 is 9.80 Å². The van der Waals surface area contributed by atoms with Crippen LogP contribution < -0.4 is 4.90 Å². The zero-order valence-electron chi connectivity index (χ0n) is 17.7. The molecule has 1 saturated carbocycles. The fourth-order valence-corrected chi connectivity index (χ4v) is 6.80. The Morgan fingerprint density at radius 2 is 1.59 bits per heavy atom. The summed E-state index contributed by atoms with van der Waals surface area (Å²) in [5.74, 6) is 1.62. The number of benzene rings is 2. The van der Waals surface area contributed by atoms with E-state index in [0.29, 0.717) is 12.0 Å². The second kappa shape index (κ2) is 7.47. The third-order valence-electron chi connectivity index (χ3n) is 8.19. The van der Waals surface area contributed by atoms with E-state index in [9.17, 15) is 0 Å². The lowest BCUT2D eigenvalue weighted by atomic mass is 9.87. The van der Waals surface area contributed by atoms with Crippen molar-refractivity contribution in [3.8, 4) is 0 Å². The SMILES string of the molecule is c1ccc2c(c1)CCc1cccc3c1N2C1CCN(CC2CCCCCC2)CC31. The second-order valence-electron chi connectivity index (χ2n) is 9.93. The highest BCUT2D eigenvalue weighted by Gasteiger charge is 2.44. The Bertz CT molecular complexity index is 880. The average Bonchev–Trinajstić information content (AvgIpc) is 2.91. The molecule has 3 aliphatic heterocycles. The molecule has 3 heterocycles. The molecule has 0 aromatic heterocycles. The van der Waals surface area contributed by atoms with Crippen molar-refractivity contribution in [2.75, 3.05) is 24.5 Å². The topological polar surface area (TPSA) is 6.48 Å². The van der Waals surface area contributed by atoms with Crippen LogP contribution in [-0.4, -0.2) is 30.6 Å². The van der Waals surface area contributed by atoms with E-state index in [0.717, 1.165) is 5.92 Å². The van der Waals surface area contributed by atoms with Crippen molar-refractivity contribution in [3.63, 3.8) is 0 Å². The lowest BCUT2D eigenvalue weighted by Crippen LogP contribution is -2.46. The number of hydrogen-bond acceptors (Lipinski definition) is 2. The van der Waals surface area contributed by atoms with Crippen LogP contribution in [-0.2, 0) is 12.8 Å². The molecule has 2 atom stereocenters. The highest BCUT2D eigenvalue weighted by atomic mass is 15.2. The smallest absolute Gasteiger partial charge is 0.0483 e. The quantitative estimate of drug-likeness (QED) is 0.578. The molecule has 2 heteroatoms. The average molecular weight is 387 g/mol. The Morgan fingerprint density at radius 3 is 2.48 bits per heavy atom. The Kier molecular flexibility index (Phi) is 4.64. The van der Waals surface area contributed by atoms with Crippen molar-refractivity contribution in [3.05, 3.63) is 59.2 Å². The van der Waals surface area contributed by atoms with Crippen LogP contribution in [0.2, 0.25) is 0 Å². The standard InChI is InChI=1S/C27H34N2/c1-2-4-9-20(8-3-1)18-28-17-16-26-24(19-28)23-12-7-11-22-15-14-21-10-5-6-13-25(21)29(26)27(22)23/h5-7,10-13,20,24,26H,1-4,8-9,14-19H2. The number of aryl methyl sites for hydroxylation is 2. The fourth-order valence-electron chi connectivity index (χ4n) is 6.80. The first-order valence-electron chi connectivity index (χ1n) is 12.1. The van der Waals surface area contributed by atoms with Gasteiger partial charge >= 0.3 is 0 Å². The van der Waals surface area contributed by atoms with E-state index in [4.69, 9.17) is 0 Å². The van der Waals surface area contributed by atoms with Crippen molar-refractivity contribution in [1.82, 2.24) is 4.90 Å².